The third-order valence-electron chi connectivity index (χ3n) is 1.27. The van der Waals surface area contributed by atoms with E-state index in [0.717, 1.165) is 0 Å². The number of benzene rings is 1. The zero-order valence-electron chi connectivity index (χ0n) is 6.04. The lowest BCUT2D eigenvalue weighted by Gasteiger charge is -2.17. The zero-order chi connectivity index (χ0) is 7.40. The average Bonchev–Trinajstić information content (AvgIpc) is 1.94. The predicted octanol–water partition coefficient (Wildman–Crippen LogP) is 1.78. The van der Waals surface area contributed by atoms with Crippen LogP contribution < -0.4 is 10.6 Å². The van der Waals surface area contributed by atoms with E-state index in [1.165, 1.54) is 25.4 Å². The molecule has 2 heteroatoms. The van der Waals surface area contributed by atoms with E-state index in [0.29, 0.717) is 0 Å². The lowest BCUT2D eigenvalue weighted by atomic mass is 10.4. The Labute approximate surface area is 66.4 Å². The number of hydrogen-bond donors (Lipinski definition) is 0. The molecule has 0 saturated heterocycles. The van der Waals surface area contributed by atoms with Crippen LogP contribution in [-0.4, -0.2) is 6.16 Å². The maximum atomic E-state index is 2.75. The summed E-state index contributed by atoms with van der Waals surface area (Å²) in [6.45, 7) is 2.19. The van der Waals surface area contributed by atoms with E-state index in [9.17, 15) is 0 Å². The standard InChI is InChI=1S/C8H11P2/c1-2-10-8-6-4-3-5-7(8)9/h3-6H,2,9H2,1H3/q-1. The highest BCUT2D eigenvalue weighted by atomic mass is 31.1. The molecule has 0 aliphatic carbocycles. The van der Waals surface area contributed by atoms with Gasteiger partial charge in [-0.15, -0.1) is 9.24 Å². The van der Waals surface area contributed by atoms with Crippen molar-refractivity contribution in [2.75, 3.05) is 6.16 Å². The van der Waals surface area contributed by atoms with Crippen LogP contribution in [-0.2, 0) is 0 Å². The second-order valence-electron chi connectivity index (χ2n) is 2.03. The summed E-state index contributed by atoms with van der Waals surface area (Å²) in [6, 6.07) is 8.46. The Balaban J connectivity index is 2.81. The van der Waals surface area contributed by atoms with Gasteiger partial charge in [-0.25, -0.2) is 0 Å². The average molecular weight is 169 g/mol. The smallest absolute Gasteiger partial charge is 0.0573 e. The molecule has 0 aliphatic rings. The van der Waals surface area contributed by atoms with E-state index in [4.69, 9.17) is 0 Å². The van der Waals surface area contributed by atoms with E-state index < -0.39 is 0 Å². The van der Waals surface area contributed by atoms with Crippen LogP contribution in [0.15, 0.2) is 24.3 Å². The van der Waals surface area contributed by atoms with E-state index in [1.807, 2.05) is 0 Å². The van der Waals surface area contributed by atoms with Gasteiger partial charge in [0.15, 0.2) is 0 Å². The minimum absolute atomic E-state index is 1.20. The Morgan fingerprint density at radius 1 is 1.40 bits per heavy atom. The summed E-state index contributed by atoms with van der Waals surface area (Å²) >= 11 is 0. The Morgan fingerprint density at radius 2 is 2.10 bits per heavy atom. The first-order valence-electron chi connectivity index (χ1n) is 3.36. The third-order valence-corrected chi connectivity index (χ3v) is 3.08. The fraction of sp³-hybridized carbons (Fsp3) is 0.250. The van der Waals surface area contributed by atoms with Crippen molar-refractivity contribution in [2.45, 2.75) is 6.92 Å². The van der Waals surface area contributed by atoms with Gasteiger partial charge in [0.1, 0.15) is 0 Å². The monoisotopic (exact) mass is 169 g/mol. The van der Waals surface area contributed by atoms with Gasteiger partial charge in [-0.2, -0.15) is 11.5 Å². The molecule has 1 rings (SSSR count). The molecule has 10 heavy (non-hydrogen) atoms. The Bertz CT molecular complexity index is 208. The Kier molecular flexibility index (Phi) is 3.32. The second-order valence-corrected chi connectivity index (χ2v) is 4.09. The van der Waals surface area contributed by atoms with Gasteiger partial charge in [0.25, 0.3) is 0 Å². The molecule has 0 heterocycles. The van der Waals surface area contributed by atoms with Crippen molar-refractivity contribution < 1.29 is 0 Å². The highest BCUT2D eigenvalue weighted by Gasteiger charge is 1.81. The first-order chi connectivity index (χ1) is 4.84. The lowest BCUT2D eigenvalue weighted by Crippen LogP contribution is -2.11. The van der Waals surface area contributed by atoms with Crippen molar-refractivity contribution in [3.05, 3.63) is 24.3 Å². The van der Waals surface area contributed by atoms with Crippen LogP contribution in [0.3, 0.4) is 0 Å². The normalized spacial score (nSPS) is 11.0. The molecule has 1 atom stereocenters. The van der Waals surface area contributed by atoms with Crippen LogP contribution in [0.2, 0.25) is 0 Å². The molecule has 0 nitrogen and oxygen atoms in total. The first kappa shape index (κ1) is 8.18. The SMILES string of the molecule is CC[P-]c1ccccc1P. The van der Waals surface area contributed by atoms with Gasteiger partial charge >= 0.3 is 0 Å². The third kappa shape index (κ3) is 2.04. The quantitative estimate of drug-likeness (QED) is 0.592. The summed E-state index contributed by atoms with van der Waals surface area (Å²) in [4.78, 5) is 0. The van der Waals surface area contributed by atoms with Crippen LogP contribution in [0, 0.1) is 0 Å². The highest BCUT2D eigenvalue weighted by Crippen LogP contribution is 2.07. The van der Waals surface area contributed by atoms with Crippen LogP contribution in [0.4, 0.5) is 0 Å². The molecule has 0 aliphatic heterocycles. The van der Waals surface area contributed by atoms with Gasteiger partial charge in [0.05, 0.1) is 0 Å². The minimum atomic E-state index is 1.20. The van der Waals surface area contributed by atoms with Crippen LogP contribution >= 0.6 is 17.8 Å². The lowest BCUT2D eigenvalue weighted by molar-refractivity contribution is 1.52. The van der Waals surface area contributed by atoms with Crippen molar-refractivity contribution >= 4 is 28.4 Å². The Hall–Kier alpha value is 0.0800. The topological polar surface area (TPSA) is 0 Å². The fourth-order valence-electron chi connectivity index (χ4n) is 0.802. The van der Waals surface area contributed by atoms with Crippen LogP contribution in [0.25, 0.3) is 0 Å². The molecule has 1 aromatic carbocycles. The number of rotatable bonds is 2. The molecular formula is C8H11P2-. The van der Waals surface area contributed by atoms with Gasteiger partial charge in [0, 0.05) is 0 Å². The minimum Gasteiger partial charge on any atom is -0.506 e. The van der Waals surface area contributed by atoms with Crippen molar-refractivity contribution in [1.82, 2.24) is 0 Å². The molecule has 1 aromatic rings. The van der Waals surface area contributed by atoms with Gasteiger partial charge < -0.3 is 8.58 Å². The molecule has 0 radical (unpaired) electrons. The van der Waals surface area contributed by atoms with Crippen molar-refractivity contribution in [1.29, 1.82) is 0 Å². The summed E-state index contributed by atoms with van der Waals surface area (Å²) in [5, 5.41) is 2.75. The second kappa shape index (κ2) is 4.06. The van der Waals surface area contributed by atoms with E-state index in [-0.39, 0.29) is 0 Å². The molecule has 0 N–H and O–H groups in total. The van der Waals surface area contributed by atoms with Gasteiger partial charge in [-0.1, -0.05) is 36.5 Å². The molecule has 1 unspecified atom stereocenters. The number of hydrogen-bond acceptors (Lipinski definition) is 0. The van der Waals surface area contributed by atoms with Gasteiger partial charge in [-0.05, 0) is 0 Å². The summed E-state index contributed by atoms with van der Waals surface area (Å²) < 4.78 is 0. The zero-order valence-corrected chi connectivity index (χ0v) is 8.09. The van der Waals surface area contributed by atoms with Crippen LogP contribution in [0.1, 0.15) is 6.92 Å². The van der Waals surface area contributed by atoms with E-state index in [1.54, 1.807) is 0 Å². The van der Waals surface area contributed by atoms with Gasteiger partial charge in [-0.3, -0.25) is 0 Å². The molecule has 0 bridgehead atoms. The maximum Gasteiger partial charge on any atom is -0.0573 e. The molecule has 0 amide bonds. The summed E-state index contributed by atoms with van der Waals surface area (Å²) in [5.41, 5.74) is 0. The van der Waals surface area contributed by atoms with E-state index >= 15 is 0 Å². The van der Waals surface area contributed by atoms with Crippen molar-refractivity contribution in [2.24, 2.45) is 0 Å². The molecule has 0 aromatic heterocycles. The van der Waals surface area contributed by atoms with E-state index in [2.05, 4.69) is 40.4 Å². The highest BCUT2D eigenvalue weighted by molar-refractivity contribution is 7.49. The molecule has 54 valence electrons. The first-order valence-corrected chi connectivity index (χ1v) is 5.02. The van der Waals surface area contributed by atoms with Crippen LogP contribution in [0.5, 0.6) is 0 Å². The summed E-state index contributed by atoms with van der Waals surface area (Å²) in [7, 11) is 4.18. The van der Waals surface area contributed by atoms with Gasteiger partial charge in [0.2, 0.25) is 0 Å². The maximum absolute atomic E-state index is 2.75. The predicted molar refractivity (Wildman–Crippen MR) is 52.9 cm³/mol. The van der Waals surface area contributed by atoms with Crippen molar-refractivity contribution in [3.63, 3.8) is 0 Å². The fourth-order valence-corrected chi connectivity index (χ4v) is 2.07. The molecule has 0 spiro atoms. The summed E-state index contributed by atoms with van der Waals surface area (Å²) in [5.74, 6) is 0. The summed E-state index contributed by atoms with van der Waals surface area (Å²) in [6.07, 6.45) is 1.20. The molecular weight excluding hydrogens is 158 g/mol. The largest absolute Gasteiger partial charge is 0.506 e. The molecule has 0 fully saturated rings. The van der Waals surface area contributed by atoms with Crippen molar-refractivity contribution in [3.8, 4) is 0 Å². The Morgan fingerprint density at radius 3 is 2.70 bits per heavy atom. The molecule has 0 saturated carbocycles.